The van der Waals surface area contributed by atoms with E-state index in [1.54, 1.807) is 0 Å². The van der Waals surface area contributed by atoms with Gasteiger partial charge in [0.2, 0.25) is 0 Å². The van der Waals surface area contributed by atoms with Gasteiger partial charge in [-0.1, -0.05) is 0 Å². The van der Waals surface area contributed by atoms with Crippen LogP contribution in [0.3, 0.4) is 0 Å². The highest BCUT2D eigenvalue weighted by atomic mass is 16.6. The number of hydrogen-bond donors (Lipinski definition) is 1. The fraction of sp³-hybridized carbons (Fsp3) is 0.357. The maximum Gasteiger partial charge on any atom is 0.162 e. The molecule has 0 saturated heterocycles. The number of aryl methyl sites for hydroxylation is 2. The lowest BCUT2D eigenvalue weighted by Crippen LogP contribution is -2.15. The van der Waals surface area contributed by atoms with E-state index in [2.05, 4.69) is 17.3 Å². The van der Waals surface area contributed by atoms with Gasteiger partial charge in [-0.2, -0.15) is 5.10 Å². The third-order valence-electron chi connectivity index (χ3n) is 3.30. The van der Waals surface area contributed by atoms with Crippen LogP contribution in [0.15, 0.2) is 18.2 Å². The Balaban J connectivity index is 2.11. The molecule has 5 nitrogen and oxygen atoms in total. The van der Waals surface area contributed by atoms with E-state index < -0.39 is 0 Å². The van der Waals surface area contributed by atoms with Crippen LogP contribution in [0, 0.1) is 6.92 Å². The third kappa shape index (κ3) is 2.01. The van der Waals surface area contributed by atoms with Gasteiger partial charge in [0, 0.05) is 25.7 Å². The molecule has 2 aromatic rings. The molecule has 1 aromatic heterocycles. The minimum absolute atomic E-state index is 0.600. The molecule has 0 saturated carbocycles. The summed E-state index contributed by atoms with van der Waals surface area (Å²) in [6.45, 7) is 3.28. The molecular formula is C14H17N3O2. The monoisotopic (exact) mass is 259 g/mol. The van der Waals surface area contributed by atoms with E-state index in [1.807, 2.05) is 37.0 Å². The van der Waals surface area contributed by atoms with Crippen molar-refractivity contribution in [1.82, 2.24) is 9.78 Å². The Morgan fingerprint density at radius 1 is 1.16 bits per heavy atom. The Labute approximate surface area is 112 Å². The Hall–Kier alpha value is -2.17. The second-order valence-corrected chi connectivity index (χ2v) is 4.60. The third-order valence-corrected chi connectivity index (χ3v) is 3.30. The Kier molecular flexibility index (Phi) is 2.81. The number of anilines is 1. The zero-order valence-electron chi connectivity index (χ0n) is 11.4. The highest BCUT2D eigenvalue weighted by Gasteiger charge is 2.17. The van der Waals surface area contributed by atoms with Crippen molar-refractivity contribution in [3.8, 4) is 22.8 Å². The number of ether oxygens (including phenoxy) is 2. The van der Waals surface area contributed by atoms with Crippen molar-refractivity contribution in [2.24, 2.45) is 7.05 Å². The SMILES string of the molecule is CNc1cc(-c2cc3c(cc2C)OCCO3)n(C)n1. The number of nitrogens with zero attached hydrogens (tertiary/aromatic N) is 2. The molecular weight excluding hydrogens is 242 g/mol. The molecule has 5 heteroatoms. The lowest BCUT2D eigenvalue weighted by Gasteiger charge is -2.20. The molecule has 0 bridgehead atoms. The lowest BCUT2D eigenvalue weighted by atomic mass is 10.0. The number of benzene rings is 1. The van der Waals surface area contributed by atoms with Crippen LogP contribution in [0.5, 0.6) is 11.5 Å². The number of aromatic nitrogens is 2. The first-order valence-electron chi connectivity index (χ1n) is 6.31. The highest BCUT2D eigenvalue weighted by molar-refractivity contribution is 5.70. The smallest absolute Gasteiger partial charge is 0.162 e. The molecule has 0 radical (unpaired) electrons. The normalized spacial score (nSPS) is 13.4. The van der Waals surface area contributed by atoms with E-state index in [4.69, 9.17) is 9.47 Å². The second kappa shape index (κ2) is 4.50. The van der Waals surface area contributed by atoms with Gasteiger partial charge in [0.25, 0.3) is 0 Å². The molecule has 19 heavy (non-hydrogen) atoms. The maximum absolute atomic E-state index is 5.64. The molecule has 0 fully saturated rings. The zero-order chi connectivity index (χ0) is 13.4. The minimum Gasteiger partial charge on any atom is -0.486 e. The maximum atomic E-state index is 5.64. The summed E-state index contributed by atoms with van der Waals surface area (Å²) in [5, 5.41) is 7.44. The van der Waals surface area contributed by atoms with Crippen LogP contribution < -0.4 is 14.8 Å². The van der Waals surface area contributed by atoms with Crippen LogP contribution >= 0.6 is 0 Å². The van der Waals surface area contributed by atoms with Crippen LogP contribution in [0.25, 0.3) is 11.3 Å². The van der Waals surface area contributed by atoms with E-state index in [0.717, 1.165) is 34.1 Å². The van der Waals surface area contributed by atoms with E-state index >= 15 is 0 Å². The predicted octanol–water partition coefficient (Wildman–Crippen LogP) is 2.21. The number of nitrogens with one attached hydrogen (secondary N) is 1. The van der Waals surface area contributed by atoms with Gasteiger partial charge in [-0.05, 0) is 24.6 Å². The van der Waals surface area contributed by atoms with Gasteiger partial charge in [-0.15, -0.1) is 0 Å². The first-order valence-corrected chi connectivity index (χ1v) is 6.31. The molecule has 0 aliphatic carbocycles. The van der Waals surface area contributed by atoms with Gasteiger partial charge in [-0.3, -0.25) is 4.68 Å². The first kappa shape index (κ1) is 11.9. The van der Waals surface area contributed by atoms with Crippen molar-refractivity contribution >= 4 is 5.82 Å². The van der Waals surface area contributed by atoms with Crippen LogP contribution in [0.4, 0.5) is 5.82 Å². The Morgan fingerprint density at radius 3 is 2.47 bits per heavy atom. The van der Waals surface area contributed by atoms with E-state index in [-0.39, 0.29) is 0 Å². The van der Waals surface area contributed by atoms with E-state index in [1.165, 1.54) is 0 Å². The minimum atomic E-state index is 0.600. The second-order valence-electron chi connectivity index (χ2n) is 4.60. The van der Waals surface area contributed by atoms with Crippen molar-refractivity contribution in [2.45, 2.75) is 6.92 Å². The highest BCUT2D eigenvalue weighted by Crippen LogP contribution is 2.37. The summed E-state index contributed by atoms with van der Waals surface area (Å²) in [7, 11) is 3.80. The molecule has 0 spiro atoms. The molecule has 1 aliphatic rings. The number of fused-ring (bicyclic) bond motifs is 1. The number of hydrogen-bond acceptors (Lipinski definition) is 4. The van der Waals surface area contributed by atoms with Gasteiger partial charge >= 0.3 is 0 Å². The van der Waals surface area contributed by atoms with Gasteiger partial charge in [0.1, 0.15) is 19.0 Å². The molecule has 0 atom stereocenters. The average molecular weight is 259 g/mol. The van der Waals surface area contributed by atoms with Crippen LogP contribution in [-0.2, 0) is 7.05 Å². The van der Waals surface area contributed by atoms with Crippen molar-refractivity contribution < 1.29 is 9.47 Å². The van der Waals surface area contributed by atoms with Crippen LogP contribution in [0.2, 0.25) is 0 Å². The lowest BCUT2D eigenvalue weighted by molar-refractivity contribution is 0.171. The van der Waals surface area contributed by atoms with Gasteiger partial charge in [0.15, 0.2) is 11.5 Å². The summed E-state index contributed by atoms with van der Waals surface area (Å²) in [4.78, 5) is 0. The van der Waals surface area contributed by atoms with Crippen molar-refractivity contribution in [2.75, 3.05) is 25.6 Å². The van der Waals surface area contributed by atoms with Crippen molar-refractivity contribution in [1.29, 1.82) is 0 Å². The molecule has 1 aliphatic heterocycles. The predicted molar refractivity (Wildman–Crippen MR) is 73.9 cm³/mol. The largest absolute Gasteiger partial charge is 0.486 e. The van der Waals surface area contributed by atoms with Gasteiger partial charge < -0.3 is 14.8 Å². The van der Waals surface area contributed by atoms with E-state index in [9.17, 15) is 0 Å². The summed E-state index contributed by atoms with van der Waals surface area (Å²) < 4.78 is 13.1. The van der Waals surface area contributed by atoms with Crippen molar-refractivity contribution in [3.05, 3.63) is 23.8 Å². The quantitative estimate of drug-likeness (QED) is 0.898. The van der Waals surface area contributed by atoms with Crippen LogP contribution in [0.1, 0.15) is 5.56 Å². The molecule has 3 rings (SSSR count). The zero-order valence-corrected chi connectivity index (χ0v) is 11.4. The molecule has 1 N–H and O–H groups in total. The molecule has 2 heterocycles. The van der Waals surface area contributed by atoms with Gasteiger partial charge in [-0.25, -0.2) is 0 Å². The fourth-order valence-electron chi connectivity index (χ4n) is 2.31. The summed E-state index contributed by atoms with van der Waals surface area (Å²) in [5.74, 6) is 2.48. The van der Waals surface area contributed by atoms with Gasteiger partial charge in [0.05, 0.1) is 5.69 Å². The standard InChI is InChI=1S/C14H17N3O2/c1-9-6-12-13(19-5-4-18-12)7-10(9)11-8-14(15-2)16-17(11)3/h6-8H,4-5H2,1-3H3,(H,15,16). The molecule has 1 aromatic carbocycles. The molecule has 100 valence electrons. The summed E-state index contributed by atoms with van der Waals surface area (Å²) in [6, 6.07) is 6.08. The Bertz CT molecular complexity index is 619. The summed E-state index contributed by atoms with van der Waals surface area (Å²) >= 11 is 0. The first-order chi connectivity index (χ1) is 9.19. The van der Waals surface area contributed by atoms with Crippen LogP contribution in [-0.4, -0.2) is 30.0 Å². The number of rotatable bonds is 2. The average Bonchev–Trinajstić information content (AvgIpc) is 2.79. The summed E-state index contributed by atoms with van der Waals surface area (Å²) in [5.41, 5.74) is 3.31. The molecule has 0 amide bonds. The topological polar surface area (TPSA) is 48.3 Å². The van der Waals surface area contributed by atoms with Crippen molar-refractivity contribution in [3.63, 3.8) is 0 Å². The van der Waals surface area contributed by atoms with E-state index in [0.29, 0.717) is 13.2 Å². The fourth-order valence-corrected chi connectivity index (χ4v) is 2.31. The summed E-state index contributed by atoms with van der Waals surface area (Å²) in [6.07, 6.45) is 0. The Morgan fingerprint density at radius 2 is 1.84 bits per heavy atom. The molecule has 0 unspecified atom stereocenters.